The summed E-state index contributed by atoms with van der Waals surface area (Å²) in [5, 5.41) is 0. The normalized spacial score (nSPS) is 11.4. The summed E-state index contributed by atoms with van der Waals surface area (Å²) >= 11 is 0. The maximum absolute atomic E-state index is 13.8. The highest BCUT2D eigenvalue weighted by molar-refractivity contribution is 5.85. The van der Waals surface area contributed by atoms with Gasteiger partial charge in [-0.2, -0.15) is 9.97 Å². The molecule has 3 heterocycles. The number of ether oxygens (including phenoxy) is 1. The van der Waals surface area contributed by atoms with Crippen molar-refractivity contribution in [2.45, 2.75) is 13.1 Å². The highest BCUT2D eigenvalue weighted by atomic mass is 19.1. The Morgan fingerprint density at radius 1 is 1.07 bits per heavy atom. The first kappa shape index (κ1) is 19.7. The van der Waals surface area contributed by atoms with Crippen molar-refractivity contribution in [2.24, 2.45) is 0 Å². The molecule has 0 aliphatic rings. The molecule has 0 fully saturated rings. The molecule has 0 radical (unpaired) electrons. The molecule has 9 heteroatoms. The summed E-state index contributed by atoms with van der Waals surface area (Å²) in [7, 11) is 5.53. The maximum Gasteiger partial charge on any atom is 0.320 e. The van der Waals surface area contributed by atoms with Crippen molar-refractivity contribution in [2.75, 3.05) is 26.9 Å². The highest BCUT2D eigenvalue weighted by Gasteiger charge is 2.19. The Morgan fingerprint density at radius 2 is 1.80 bits per heavy atom. The summed E-state index contributed by atoms with van der Waals surface area (Å²) in [6, 6.07) is 9.81. The van der Waals surface area contributed by atoms with E-state index in [2.05, 4.69) is 49.1 Å². The minimum atomic E-state index is -0.448. The van der Waals surface area contributed by atoms with Crippen LogP contribution in [0.2, 0.25) is 0 Å². The molecule has 0 unspecified atom stereocenters. The van der Waals surface area contributed by atoms with Crippen molar-refractivity contribution in [3.8, 4) is 17.4 Å². The zero-order chi connectivity index (χ0) is 21.3. The van der Waals surface area contributed by atoms with Gasteiger partial charge >= 0.3 is 6.01 Å². The smallest absolute Gasteiger partial charge is 0.320 e. The number of benzene rings is 1. The van der Waals surface area contributed by atoms with Crippen molar-refractivity contribution < 1.29 is 9.13 Å². The van der Waals surface area contributed by atoms with E-state index >= 15 is 0 Å². The molecule has 0 bridgehead atoms. The Kier molecular flexibility index (Phi) is 5.28. The molecule has 2 N–H and O–H groups in total. The van der Waals surface area contributed by atoms with Gasteiger partial charge in [0.1, 0.15) is 11.6 Å². The van der Waals surface area contributed by atoms with E-state index in [0.717, 1.165) is 18.3 Å². The average Bonchev–Trinajstić information content (AvgIpc) is 3.08. The van der Waals surface area contributed by atoms with Crippen LogP contribution in [0.25, 0.3) is 22.6 Å². The van der Waals surface area contributed by atoms with Crippen LogP contribution in [-0.4, -0.2) is 50.6 Å². The SMILES string of the molecule is COc1nc(N)c2nc(-c3cncc(F)c3)n(Cc3ccc(CN(C)C)cc3)c2n1. The Balaban J connectivity index is 1.83. The van der Waals surface area contributed by atoms with Gasteiger partial charge in [0.25, 0.3) is 0 Å². The van der Waals surface area contributed by atoms with Gasteiger partial charge in [-0.3, -0.25) is 4.98 Å². The number of aromatic nitrogens is 5. The van der Waals surface area contributed by atoms with Gasteiger partial charge < -0.3 is 19.9 Å². The summed E-state index contributed by atoms with van der Waals surface area (Å²) in [6.45, 7) is 1.32. The fraction of sp³-hybridized carbons (Fsp3) is 0.238. The van der Waals surface area contributed by atoms with E-state index in [-0.39, 0.29) is 11.8 Å². The molecule has 3 aromatic heterocycles. The summed E-state index contributed by atoms with van der Waals surface area (Å²) < 4.78 is 20.9. The van der Waals surface area contributed by atoms with Gasteiger partial charge in [-0.15, -0.1) is 0 Å². The Labute approximate surface area is 173 Å². The number of nitrogen functional groups attached to an aromatic ring is 1. The number of nitrogens with two attached hydrogens (primary N) is 1. The second-order valence-electron chi connectivity index (χ2n) is 7.24. The molecule has 8 nitrogen and oxygen atoms in total. The van der Waals surface area contributed by atoms with Gasteiger partial charge in [0.2, 0.25) is 0 Å². The quantitative estimate of drug-likeness (QED) is 0.525. The van der Waals surface area contributed by atoms with Gasteiger partial charge in [0.05, 0.1) is 19.9 Å². The molecule has 1 aromatic carbocycles. The van der Waals surface area contributed by atoms with Crippen molar-refractivity contribution in [3.63, 3.8) is 0 Å². The first-order chi connectivity index (χ1) is 14.4. The van der Waals surface area contributed by atoms with E-state index in [4.69, 9.17) is 10.5 Å². The van der Waals surface area contributed by atoms with E-state index in [9.17, 15) is 4.39 Å². The van der Waals surface area contributed by atoms with Crippen LogP contribution in [-0.2, 0) is 13.1 Å². The first-order valence-electron chi connectivity index (χ1n) is 9.36. The molecule has 0 atom stereocenters. The molecule has 0 amide bonds. The van der Waals surface area contributed by atoms with Gasteiger partial charge in [0, 0.05) is 18.3 Å². The van der Waals surface area contributed by atoms with Crippen molar-refractivity contribution in [1.82, 2.24) is 29.4 Å². The minimum Gasteiger partial charge on any atom is -0.467 e. The molecule has 0 saturated carbocycles. The van der Waals surface area contributed by atoms with Crippen LogP contribution in [0.3, 0.4) is 0 Å². The van der Waals surface area contributed by atoms with E-state index in [1.165, 1.54) is 18.7 Å². The molecular formula is C21H22FN7O. The lowest BCUT2D eigenvalue weighted by Gasteiger charge is -2.12. The van der Waals surface area contributed by atoms with Crippen molar-refractivity contribution in [3.05, 3.63) is 59.7 Å². The number of anilines is 1. The van der Waals surface area contributed by atoms with Crippen molar-refractivity contribution >= 4 is 17.0 Å². The molecule has 4 rings (SSSR count). The third kappa shape index (κ3) is 3.92. The largest absolute Gasteiger partial charge is 0.467 e. The predicted octanol–water partition coefficient (Wildman–Crippen LogP) is 2.73. The molecule has 4 aromatic rings. The summed E-state index contributed by atoms with van der Waals surface area (Å²) in [5.74, 6) is 0.252. The zero-order valence-corrected chi connectivity index (χ0v) is 17.0. The highest BCUT2D eigenvalue weighted by Crippen LogP contribution is 2.28. The van der Waals surface area contributed by atoms with E-state index < -0.39 is 5.82 Å². The van der Waals surface area contributed by atoms with Crippen molar-refractivity contribution in [1.29, 1.82) is 0 Å². The molecule has 0 aliphatic heterocycles. The van der Waals surface area contributed by atoms with Gasteiger partial charge in [-0.25, -0.2) is 9.37 Å². The number of pyridine rings is 1. The third-order valence-electron chi connectivity index (χ3n) is 4.61. The van der Waals surface area contributed by atoms with Crippen LogP contribution in [0.15, 0.2) is 42.7 Å². The number of nitrogens with zero attached hydrogens (tertiary/aromatic N) is 6. The van der Waals surface area contributed by atoms with Crippen LogP contribution in [0.1, 0.15) is 11.1 Å². The molecule has 30 heavy (non-hydrogen) atoms. The van der Waals surface area contributed by atoms with Gasteiger partial charge in [-0.1, -0.05) is 24.3 Å². The van der Waals surface area contributed by atoms with Gasteiger partial charge in [-0.05, 0) is 31.3 Å². The maximum atomic E-state index is 13.8. The number of halogens is 1. The lowest BCUT2D eigenvalue weighted by Crippen LogP contribution is -2.10. The standard InChI is InChI=1S/C21H22FN7O/c1-28(2)11-13-4-6-14(7-5-13)12-29-19(15-8-16(22)10-24-9-15)25-17-18(23)26-21(30-3)27-20(17)29/h4-10H,11-12H2,1-3H3,(H2,23,26,27). The number of imidazole rings is 1. The number of hydrogen-bond donors (Lipinski definition) is 1. The van der Waals surface area contributed by atoms with Gasteiger partial charge in [0.15, 0.2) is 17.0 Å². The van der Waals surface area contributed by atoms with Crippen LogP contribution < -0.4 is 10.5 Å². The first-order valence-corrected chi connectivity index (χ1v) is 9.36. The fourth-order valence-corrected chi connectivity index (χ4v) is 3.29. The molecule has 0 aliphatic carbocycles. The van der Waals surface area contributed by atoms with Crippen LogP contribution in [0, 0.1) is 5.82 Å². The van der Waals surface area contributed by atoms with Crippen LogP contribution >= 0.6 is 0 Å². The third-order valence-corrected chi connectivity index (χ3v) is 4.61. The van der Waals surface area contributed by atoms with E-state index in [1.807, 2.05) is 18.7 Å². The summed E-state index contributed by atoms with van der Waals surface area (Å²) in [4.78, 5) is 19.2. The zero-order valence-electron chi connectivity index (χ0n) is 17.0. The Bertz CT molecular complexity index is 1190. The predicted molar refractivity (Wildman–Crippen MR) is 112 cm³/mol. The molecule has 154 valence electrons. The van der Waals surface area contributed by atoms with E-state index in [0.29, 0.717) is 29.1 Å². The summed E-state index contributed by atoms with van der Waals surface area (Å²) in [5.41, 5.74) is 9.80. The molecular weight excluding hydrogens is 385 g/mol. The molecule has 0 saturated heterocycles. The lowest BCUT2D eigenvalue weighted by molar-refractivity contribution is 0.382. The topological polar surface area (TPSA) is 95.0 Å². The Morgan fingerprint density at radius 3 is 2.47 bits per heavy atom. The second kappa shape index (κ2) is 8.03. The molecule has 0 spiro atoms. The average molecular weight is 407 g/mol. The number of rotatable bonds is 6. The minimum absolute atomic E-state index is 0.145. The number of methoxy groups -OCH3 is 1. The number of hydrogen-bond acceptors (Lipinski definition) is 7. The van der Waals surface area contributed by atoms with Crippen LogP contribution in [0.4, 0.5) is 10.2 Å². The second-order valence-corrected chi connectivity index (χ2v) is 7.24. The lowest BCUT2D eigenvalue weighted by atomic mass is 10.1. The number of fused-ring (bicyclic) bond motifs is 1. The Hall–Kier alpha value is -3.59. The van der Waals surface area contributed by atoms with Crippen LogP contribution in [0.5, 0.6) is 6.01 Å². The fourth-order valence-electron chi connectivity index (χ4n) is 3.29. The monoisotopic (exact) mass is 407 g/mol. The van der Waals surface area contributed by atoms with E-state index in [1.54, 1.807) is 6.20 Å². The summed E-state index contributed by atoms with van der Waals surface area (Å²) in [6.07, 6.45) is 2.71.